The summed E-state index contributed by atoms with van der Waals surface area (Å²) in [7, 11) is -3.19. The molecule has 0 heterocycles. The maximum absolute atomic E-state index is 12.9. The predicted molar refractivity (Wildman–Crippen MR) is 36.6 cm³/mol. The highest BCUT2D eigenvalue weighted by Gasteiger charge is 2.44. The highest BCUT2D eigenvalue weighted by atomic mass is 31.2. The van der Waals surface area contributed by atoms with Crippen LogP contribution in [0.2, 0.25) is 0 Å². The Kier molecular flexibility index (Phi) is 2.26. The Morgan fingerprint density at radius 3 is 1.90 bits per heavy atom. The lowest BCUT2D eigenvalue weighted by Gasteiger charge is -2.19. The second-order valence-corrected chi connectivity index (χ2v) is 6.15. The molecule has 0 fully saturated rings. The molecule has 0 rings (SSSR count). The zero-order chi connectivity index (χ0) is 8.58. The molecule has 60 valence electrons. The topological polar surface area (TPSA) is 54.4 Å². The summed E-state index contributed by atoms with van der Waals surface area (Å²) in [6.07, 6.45) is 0. The third-order valence-corrected chi connectivity index (χ3v) is 3.62. The Morgan fingerprint density at radius 1 is 1.60 bits per heavy atom. The molecule has 1 N–H and O–H groups in total. The molecule has 5 heteroatoms. The monoisotopic (exact) mass is 168 g/mol. The first-order chi connectivity index (χ1) is 4.19. The van der Waals surface area contributed by atoms with Crippen LogP contribution in [0, 0.1) is 0 Å². The van der Waals surface area contributed by atoms with Gasteiger partial charge in [0.15, 0.2) is 0 Å². The van der Waals surface area contributed by atoms with Crippen LogP contribution in [-0.2, 0) is 9.36 Å². The maximum Gasteiger partial charge on any atom is 0.348 e. The first-order valence-electron chi connectivity index (χ1n) is 2.67. The molecule has 0 aromatic rings. The van der Waals surface area contributed by atoms with Crippen molar-refractivity contribution in [3.8, 4) is 0 Å². The van der Waals surface area contributed by atoms with Crippen LogP contribution < -0.4 is 0 Å². The van der Waals surface area contributed by atoms with E-state index < -0.39 is 18.5 Å². The average molecular weight is 168 g/mol. The van der Waals surface area contributed by atoms with E-state index in [1.54, 1.807) is 0 Å². The number of hydrogen-bond acceptors (Lipinski definition) is 2. The second kappa shape index (κ2) is 2.35. The largest absolute Gasteiger partial charge is 0.479 e. The normalized spacial score (nSPS) is 18.0. The number of hydrogen-bond donors (Lipinski definition) is 1. The molecule has 0 radical (unpaired) electrons. The van der Waals surface area contributed by atoms with E-state index in [1.165, 1.54) is 0 Å². The number of carbonyl (C=O) groups is 1. The molecule has 0 amide bonds. The minimum absolute atomic E-state index is 0.816. The van der Waals surface area contributed by atoms with Crippen LogP contribution in [0.25, 0.3) is 0 Å². The number of rotatable bonds is 2. The van der Waals surface area contributed by atoms with Gasteiger partial charge in [0.05, 0.1) is 0 Å². The van der Waals surface area contributed by atoms with Crippen LogP contribution in [0.5, 0.6) is 0 Å². The Labute approximate surface area is 58.6 Å². The lowest BCUT2D eigenvalue weighted by Crippen LogP contribution is -2.28. The molecule has 0 aromatic heterocycles. The molecule has 0 aromatic carbocycles. The van der Waals surface area contributed by atoms with Crippen LogP contribution in [0.15, 0.2) is 0 Å². The minimum Gasteiger partial charge on any atom is -0.479 e. The van der Waals surface area contributed by atoms with Gasteiger partial charge in [-0.1, -0.05) is 0 Å². The van der Waals surface area contributed by atoms with E-state index in [9.17, 15) is 13.8 Å². The number of carboxylic acids is 1. The van der Waals surface area contributed by atoms with Crippen molar-refractivity contribution < 1.29 is 18.9 Å². The van der Waals surface area contributed by atoms with Crippen molar-refractivity contribution >= 4 is 13.1 Å². The van der Waals surface area contributed by atoms with Crippen molar-refractivity contribution in [1.29, 1.82) is 0 Å². The number of carboxylic acid groups (broad SMARTS) is 1. The molecule has 0 spiro atoms. The Balaban J connectivity index is 4.75. The molecule has 0 aliphatic heterocycles. The predicted octanol–water partition coefficient (Wildman–Crippen LogP) is 1.38. The molecular formula is C5H10FO3P. The van der Waals surface area contributed by atoms with Gasteiger partial charge in [-0.05, 0) is 20.3 Å². The standard InChI is InChI=1S/C5H10FO3P/c1-5(6,4(7)8)10(2,3)9/h1-3H3,(H,7,8). The van der Waals surface area contributed by atoms with E-state index in [4.69, 9.17) is 5.11 Å². The first kappa shape index (κ1) is 9.63. The van der Waals surface area contributed by atoms with E-state index in [0.29, 0.717) is 0 Å². The first-order valence-corrected chi connectivity index (χ1v) is 5.27. The van der Waals surface area contributed by atoms with Crippen LogP contribution in [0.1, 0.15) is 6.92 Å². The van der Waals surface area contributed by atoms with E-state index in [0.717, 1.165) is 20.3 Å². The van der Waals surface area contributed by atoms with Gasteiger partial charge in [0.25, 0.3) is 5.41 Å². The highest BCUT2D eigenvalue weighted by molar-refractivity contribution is 7.64. The molecule has 0 saturated heterocycles. The summed E-state index contributed by atoms with van der Waals surface area (Å²) in [6.45, 7) is 3.04. The van der Waals surface area contributed by atoms with Crippen molar-refractivity contribution in [3.63, 3.8) is 0 Å². The van der Waals surface area contributed by atoms with Crippen LogP contribution in [0.3, 0.4) is 0 Å². The van der Waals surface area contributed by atoms with Crippen molar-refractivity contribution in [2.45, 2.75) is 12.3 Å². The van der Waals surface area contributed by atoms with Gasteiger partial charge < -0.3 is 9.67 Å². The summed E-state index contributed by atoms with van der Waals surface area (Å²) in [5, 5.41) is 5.64. The molecule has 1 atom stereocenters. The highest BCUT2D eigenvalue weighted by Crippen LogP contribution is 2.52. The summed E-state index contributed by atoms with van der Waals surface area (Å²) in [5.41, 5.74) is 0. The zero-order valence-corrected chi connectivity index (χ0v) is 6.98. The van der Waals surface area contributed by atoms with Crippen LogP contribution >= 0.6 is 7.14 Å². The van der Waals surface area contributed by atoms with E-state index >= 15 is 0 Å². The number of halogens is 1. The molecule has 1 unspecified atom stereocenters. The lowest BCUT2D eigenvalue weighted by atomic mass is 10.4. The van der Waals surface area contributed by atoms with Gasteiger partial charge in [0.1, 0.15) is 7.14 Å². The molecule has 10 heavy (non-hydrogen) atoms. The summed E-state index contributed by atoms with van der Waals surface area (Å²) < 4.78 is 23.8. The molecule has 0 saturated carbocycles. The third kappa shape index (κ3) is 1.57. The van der Waals surface area contributed by atoms with Crippen LogP contribution in [-0.4, -0.2) is 29.8 Å². The quantitative estimate of drug-likeness (QED) is 0.633. The van der Waals surface area contributed by atoms with Gasteiger partial charge in [0, 0.05) is 0 Å². The van der Waals surface area contributed by atoms with Gasteiger partial charge in [-0.2, -0.15) is 0 Å². The Bertz CT molecular complexity index is 193. The average Bonchev–Trinajstić information content (AvgIpc) is 1.62. The van der Waals surface area contributed by atoms with Crippen molar-refractivity contribution in [2.24, 2.45) is 0 Å². The lowest BCUT2D eigenvalue weighted by molar-refractivity contribution is -0.144. The Morgan fingerprint density at radius 2 is 1.90 bits per heavy atom. The van der Waals surface area contributed by atoms with E-state index in [1.807, 2.05) is 0 Å². The van der Waals surface area contributed by atoms with E-state index in [-0.39, 0.29) is 0 Å². The second-order valence-electron chi connectivity index (χ2n) is 2.61. The van der Waals surface area contributed by atoms with Crippen molar-refractivity contribution in [1.82, 2.24) is 0 Å². The van der Waals surface area contributed by atoms with Gasteiger partial charge >= 0.3 is 5.97 Å². The smallest absolute Gasteiger partial charge is 0.348 e. The zero-order valence-electron chi connectivity index (χ0n) is 6.09. The SMILES string of the molecule is CC(F)(C(=O)O)P(C)(C)=O. The minimum atomic E-state index is -3.19. The Hall–Kier alpha value is -0.370. The fourth-order valence-electron chi connectivity index (χ4n) is 0.230. The third-order valence-electron chi connectivity index (χ3n) is 1.40. The summed E-state index contributed by atoms with van der Waals surface area (Å²) in [5.74, 6) is -1.67. The molecule has 0 bridgehead atoms. The number of aliphatic carboxylic acids is 1. The van der Waals surface area contributed by atoms with E-state index in [2.05, 4.69) is 0 Å². The summed E-state index contributed by atoms with van der Waals surface area (Å²) in [4.78, 5) is 10.1. The van der Waals surface area contributed by atoms with Gasteiger partial charge in [0.2, 0.25) is 0 Å². The van der Waals surface area contributed by atoms with Gasteiger partial charge in [-0.15, -0.1) is 0 Å². The maximum atomic E-state index is 12.9. The molecular weight excluding hydrogens is 158 g/mol. The summed E-state index contributed by atoms with van der Waals surface area (Å²) in [6, 6.07) is 0. The van der Waals surface area contributed by atoms with Crippen LogP contribution in [0.4, 0.5) is 4.39 Å². The molecule has 0 aliphatic rings. The van der Waals surface area contributed by atoms with Gasteiger partial charge in [-0.3, -0.25) is 0 Å². The number of alkyl halides is 1. The van der Waals surface area contributed by atoms with Gasteiger partial charge in [-0.25, -0.2) is 9.18 Å². The fourth-order valence-corrected chi connectivity index (χ4v) is 0.691. The van der Waals surface area contributed by atoms with Crippen molar-refractivity contribution in [2.75, 3.05) is 13.3 Å². The molecule has 0 aliphatic carbocycles. The van der Waals surface area contributed by atoms with Crippen molar-refractivity contribution in [3.05, 3.63) is 0 Å². The molecule has 3 nitrogen and oxygen atoms in total. The fraction of sp³-hybridized carbons (Fsp3) is 0.800. The summed E-state index contributed by atoms with van der Waals surface area (Å²) >= 11 is 0.